The van der Waals surface area contributed by atoms with Gasteiger partial charge in [0.25, 0.3) is 0 Å². The molecule has 1 aliphatic heterocycles. The molecule has 180 valence electrons. The molecule has 0 saturated carbocycles. The third kappa shape index (κ3) is 6.01. The van der Waals surface area contributed by atoms with E-state index in [0.717, 1.165) is 6.26 Å². The zero-order valence-electron chi connectivity index (χ0n) is 18.5. The number of nitrogens with one attached hydrogen (secondary N) is 2. The zero-order chi connectivity index (χ0) is 24.3. The summed E-state index contributed by atoms with van der Waals surface area (Å²) in [6, 6.07) is 6.51. The first-order valence-corrected chi connectivity index (χ1v) is 13.7. The minimum atomic E-state index is -3.60. The molecule has 11 nitrogen and oxygen atoms in total. The van der Waals surface area contributed by atoms with Crippen molar-refractivity contribution in [2.75, 3.05) is 36.7 Å². The number of aromatic nitrogens is 4. The Labute approximate surface area is 210 Å². The summed E-state index contributed by atoms with van der Waals surface area (Å²) in [5.41, 5.74) is 1.84. The molecular formula is C21H23IN6O5S. The molecule has 4 heterocycles. The number of alkyl halides is 1. The van der Waals surface area contributed by atoms with Crippen LogP contribution in [0.5, 0.6) is 5.75 Å². The molecule has 2 N–H and O–H groups in total. The molecule has 0 aromatic carbocycles. The zero-order valence-corrected chi connectivity index (χ0v) is 21.5. The monoisotopic (exact) mass is 598 g/mol. The molecule has 3 aromatic heterocycles. The van der Waals surface area contributed by atoms with E-state index in [2.05, 4.69) is 48.3 Å². The molecule has 1 aliphatic rings. The van der Waals surface area contributed by atoms with Crippen LogP contribution in [0.25, 0.3) is 11.3 Å². The van der Waals surface area contributed by atoms with Crippen LogP contribution in [-0.4, -0.2) is 60.1 Å². The van der Waals surface area contributed by atoms with Crippen LogP contribution in [0.2, 0.25) is 0 Å². The smallest absolute Gasteiger partial charge is 0.222 e. The number of carbonyl (C=O) groups is 1. The third-order valence-electron chi connectivity index (χ3n) is 4.86. The van der Waals surface area contributed by atoms with E-state index in [1.807, 2.05) is 12.3 Å². The van der Waals surface area contributed by atoms with Crippen molar-refractivity contribution in [1.29, 1.82) is 0 Å². The Morgan fingerprint density at radius 1 is 1.29 bits per heavy atom. The van der Waals surface area contributed by atoms with Crippen molar-refractivity contribution in [2.45, 2.75) is 16.5 Å². The molecule has 3 aromatic rings. The van der Waals surface area contributed by atoms with E-state index in [0.29, 0.717) is 52.9 Å². The van der Waals surface area contributed by atoms with E-state index >= 15 is 0 Å². The lowest BCUT2D eigenvalue weighted by Gasteiger charge is -2.25. The fraction of sp³-hybridized carbons (Fsp3) is 0.333. The van der Waals surface area contributed by atoms with E-state index in [1.165, 1.54) is 13.0 Å². The van der Waals surface area contributed by atoms with Crippen LogP contribution in [0.3, 0.4) is 0 Å². The number of halogens is 1. The summed E-state index contributed by atoms with van der Waals surface area (Å²) in [5, 5.41) is 10.2. The van der Waals surface area contributed by atoms with Crippen LogP contribution < -0.4 is 15.4 Å². The van der Waals surface area contributed by atoms with Gasteiger partial charge in [0.2, 0.25) is 5.91 Å². The normalized spacial score (nSPS) is 13.9. The number of rotatable bonds is 9. The highest BCUT2D eigenvalue weighted by Gasteiger charge is 2.21. The molecule has 0 unspecified atom stereocenters. The summed E-state index contributed by atoms with van der Waals surface area (Å²) in [6.45, 7) is 3.03. The Morgan fingerprint density at radius 3 is 2.71 bits per heavy atom. The highest BCUT2D eigenvalue weighted by molar-refractivity contribution is 14.1. The molecule has 0 bridgehead atoms. The van der Waals surface area contributed by atoms with Crippen molar-refractivity contribution < 1.29 is 22.7 Å². The Hall–Kier alpha value is -2.78. The fourth-order valence-corrected chi connectivity index (χ4v) is 4.11. The van der Waals surface area contributed by atoms with Gasteiger partial charge >= 0.3 is 0 Å². The number of sulfone groups is 1. The SMILES string of the molecule is CC(=O)Nc1cc(Nc2cc(OCC3COC3)cc(S(C)(=O)=O)n2)c(-c2ccn(CI)n2)cn1. The van der Waals surface area contributed by atoms with Crippen molar-refractivity contribution in [3.05, 3.63) is 36.7 Å². The predicted molar refractivity (Wildman–Crippen MR) is 134 cm³/mol. The maximum Gasteiger partial charge on any atom is 0.222 e. The Morgan fingerprint density at radius 2 is 2.09 bits per heavy atom. The van der Waals surface area contributed by atoms with Gasteiger partial charge in [-0.05, 0) is 6.07 Å². The summed E-state index contributed by atoms with van der Waals surface area (Å²) < 4.78 is 37.9. The van der Waals surface area contributed by atoms with Gasteiger partial charge in [-0.25, -0.2) is 18.4 Å². The number of nitrogens with zero attached hydrogens (tertiary/aromatic N) is 4. The van der Waals surface area contributed by atoms with Gasteiger partial charge in [0, 0.05) is 55.3 Å². The van der Waals surface area contributed by atoms with Crippen molar-refractivity contribution in [3.63, 3.8) is 0 Å². The standard InChI is InChI=1S/C21H23IN6O5S/c1-13(29)24-19-7-18(16(8-23-19)17-3-4-28(12-22)27-17)25-20-5-15(33-11-14-9-32-10-14)6-21(26-20)34(2,30)31/h3-8,14H,9-12H2,1-2H3,(H2,23,24,25,26,29). The topological polar surface area (TPSA) is 137 Å². The van der Waals surface area contributed by atoms with E-state index in [1.54, 1.807) is 23.0 Å². The lowest BCUT2D eigenvalue weighted by molar-refractivity contribution is -0.114. The van der Waals surface area contributed by atoms with Gasteiger partial charge in [0.15, 0.2) is 14.9 Å². The summed E-state index contributed by atoms with van der Waals surface area (Å²) in [4.78, 5) is 20.1. The molecule has 4 rings (SSSR count). The highest BCUT2D eigenvalue weighted by atomic mass is 127. The average molecular weight is 598 g/mol. The molecule has 34 heavy (non-hydrogen) atoms. The maximum absolute atomic E-state index is 12.3. The summed E-state index contributed by atoms with van der Waals surface area (Å²) in [7, 11) is -3.60. The van der Waals surface area contributed by atoms with Gasteiger partial charge < -0.3 is 20.1 Å². The minimum Gasteiger partial charge on any atom is -0.493 e. The van der Waals surface area contributed by atoms with Gasteiger partial charge in [-0.1, -0.05) is 22.6 Å². The van der Waals surface area contributed by atoms with E-state index in [9.17, 15) is 13.2 Å². The molecule has 13 heteroatoms. The van der Waals surface area contributed by atoms with Crippen LogP contribution in [0.4, 0.5) is 17.3 Å². The number of hydrogen-bond acceptors (Lipinski definition) is 9. The highest BCUT2D eigenvalue weighted by Crippen LogP contribution is 2.32. The lowest BCUT2D eigenvalue weighted by atomic mass is 10.1. The summed E-state index contributed by atoms with van der Waals surface area (Å²) in [6.07, 6.45) is 4.51. The maximum atomic E-state index is 12.3. The minimum absolute atomic E-state index is 0.121. The van der Waals surface area contributed by atoms with Gasteiger partial charge in [-0.3, -0.25) is 9.48 Å². The number of amides is 1. The Balaban J connectivity index is 1.72. The second-order valence-corrected chi connectivity index (χ2v) is 10.4. The first-order chi connectivity index (χ1) is 16.2. The van der Waals surface area contributed by atoms with Gasteiger partial charge in [0.05, 0.1) is 35.8 Å². The molecule has 0 aliphatic carbocycles. The molecule has 0 radical (unpaired) electrons. The Kier molecular flexibility index (Phi) is 7.33. The first-order valence-electron chi connectivity index (χ1n) is 10.3. The summed E-state index contributed by atoms with van der Waals surface area (Å²) in [5.74, 6) is 0.960. The van der Waals surface area contributed by atoms with Crippen LogP contribution >= 0.6 is 22.6 Å². The molecule has 1 amide bonds. The molecular weight excluding hydrogens is 575 g/mol. The molecule has 1 saturated heterocycles. The van der Waals surface area contributed by atoms with Crippen LogP contribution in [0.15, 0.2) is 41.7 Å². The van der Waals surface area contributed by atoms with Gasteiger partial charge in [-0.2, -0.15) is 5.10 Å². The average Bonchev–Trinajstić information content (AvgIpc) is 3.21. The first kappa shape index (κ1) is 24.3. The number of ether oxygens (including phenoxy) is 2. The predicted octanol–water partition coefficient (Wildman–Crippen LogP) is 2.86. The fourth-order valence-electron chi connectivity index (χ4n) is 3.14. The number of carbonyl (C=O) groups excluding carboxylic acids is 1. The van der Waals surface area contributed by atoms with Crippen molar-refractivity contribution in [2.24, 2.45) is 5.92 Å². The quantitative estimate of drug-likeness (QED) is 0.281. The van der Waals surface area contributed by atoms with E-state index in [-0.39, 0.29) is 22.7 Å². The van der Waals surface area contributed by atoms with E-state index < -0.39 is 9.84 Å². The van der Waals surface area contributed by atoms with Crippen molar-refractivity contribution in [1.82, 2.24) is 19.7 Å². The van der Waals surface area contributed by atoms with Gasteiger partial charge in [0.1, 0.15) is 17.4 Å². The van der Waals surface area contributed by atoms with Crippen LogP contribution in [0.1, 0.15) is 6.92 Å². The van der Waals surface area contributed by atoms with Crippen molar-refractivity contribution in [3.8, 4) is 17.0 Å². The Bertz CT molecular complexity index is 1310. The number of anilines is 3. The van der Waals surface area contributed by atoms with E-state index in [4.69, 9.17) is 9.47 Å². The number of hydrogen-bond donors (Lipinski definition) is 2. The second kappa shape index (κ2) is 10.2. The van der Waals surface area contributed by atoms with Crippen LogP contribution in [-0.2, 0) is 23.9 Å². The largest absolute Gasteiger partial charge is 0.493 e. The lowest BCUT2D eigenvalue weighted by Crippen LogP contribution is -2.32. The van der Waals surface area contributed by atoms with Crippen molar-refractivity contribution >= 4 is 55.7 Å². The number of pyridine rings is 2. The van der Waals surface area contributed by atoms with Crippen LogP contribution in [0, 0.1) is 5.92 Å². The summed E-state index contributed by atoms with van der Waals surface area (Å²) >= 11 is 2.20. The molecule has 0 atom stereocenters. The van der Waals surface area contributed by atoms with Gasteiger partial charge in [-0.15, -0.1) is 0 Å². The third-order valence-corrected chi connectivity index (χ3v) is 6.53. The second-order valence-electron chi connectivity index (χ2n) is 7.79. The molecule has 1 fully saturated rings. The molecule has 0 spiro atoms.